The third-order valence-electron chi connectivity index (χ3n) is 7.87. The normalized spacial score (nSPS) is 13.8. The molecule has 4 heterocycles. The van der Waals surface area contributed by atoms with Crippen molar-refractivity contribution >= 4 is 27.0 Å². The van der Waals surface area contributed by atoms with Gasteiger partial charge < -0.3 is 9.64 Å². The Labute approximate surface area is 262 Å². The summed E-state index contributed by atoms with van der Waals surface area (Å²) >= 11 is 0. The van der Waals surface area contributed by atoms with Crippen molar-refractivity contribution in [3.63, 3.8) is 0 Å². The number of hydrogen-bond donors (Lipinski definition) is 0. The maximum absolute atomic E-state index is 14.3. The number of fused-ring (bicyclic) bond motifs is 3. The molecule has 1 aliphatic heterocycles. The van der Waals surface area contributed by atoms with Gasteiger partial charge in [-0.15, -0.1) is 0 Å². The molecule has 1 amide bonds. The molecule has 0 N–H and O–H groups in total. The van der Waals surface area contributed by atoms with E-state index in [0.29, 0.717) is 54.1 Å². The summed E-state index contributed by atoms with van der Waals surface area (Å²) in [7, 11) is -4.04. The summed E-state index contributed by atoms with van der Waals surface area (Å²) in [6.45, 7) is 9.89. The van der Waals surface area contributed by atoms with Crippen molar-refractivity contribution in [3.05, 3.63) is 106 Å². The van der Waals surface area contributed by atoms with Crippen LogP contribution < -0.4 is 5.56 Å². The molecule has 0 bridgehead atoms. The molecule has 232 valence electrons. The van der Waals surface area contributed by atoms with E-state index in [1.165, 1.54) is 14.6 Å². The maximum Gasteiger partial charge on any atom is 0.410 e. The third kappa shape index (κ3) is 5.87. The first-order valence-corrected chi connectivity index (χ1v) is 16.3. The zero-order chi connectivity index (χ0) is 32.1. The van der Waals surface area contributed by atoms with Crippen LogP contribution in [0.3, 0.4) is 0 Å². The van der Waals surface area contributed by atoms with Crippen molar-refractivity contribution in [2.24, 2.45) is 0 Å². The van der Waals surface area contributed by atoms with Crippen LogP contribution in [-0.2, 0) is 27.6 Å². The van der Waals surface area contributed by atoms with Crippen molar-refractivity contribution in [1.82, 2.24) is 23.6 Å². The molecule has 0 aliphatic carbocycles. The second kappa shape index (κ2) is 11.3. The molecule has 0 atom stereocenters. The highest BCUT2D eigenvalue weighted by Gasteiger charge is 2.31. The van der Waals surface area contributed by atoms with E-state index in [0.717, 1.165) is 22.2 Å². The van der Waals surface area contributed by atoms with E-state index < -0.39 is 21.7 Å². The molecular formula is C34H35N5O5S. The van der Waals surface area contributed by atoms with Gasteiger partial charge in [-0.1, -0.05) is 23.8 Å². The molecule has 0 unspecified atom stereocenters. The second-order valence-corrected chi connectivity index (χ2v) is 14.1. The Bertz CT molecular complexity index is 2090. The lowest BCUT2D eigenvalue weighted by Gasteiger charge is -2.26. The zero-order valence-electron chi connectivity index (χ0n) is 25.9. The Morgan fingerprint density at radius 1 is 0.889 bits per heavy atom. The smallest absolute Gasteiger partial charge is 0.410 e. The van der Waals surface area contributed by atoms with E-state index in [1.54, 1.807) is 47.5 Å². The number of benzene rings is 2. The number of aryl methyl sites for hydroxylation is 2. The van der Waals surface area contributed by atoms with Gasteiger partial charge in [0.1, 0.15) is 5.60 Å². The Hall–Kier alpha value is -4.77. The second-order valence-electron chi connectivity index (χ2n) is 12.4. The summed E-state index contributed by atoms with van der Waals surface area (Å²) in [5, 5.41) is 9.03. The lowest BCUT2D eigenvalue weighted by atomic mass is 10.1. The molecule has 0 saturated carbocycles. The van der Waals surface area contributed by atoms with Crippen LogP contribution in [0.2, 0.25) is 0 Å². The number of rotatable bonds is 4. The molecule has 3 aromatic heterocycles. The van der Waals surface area contributed by atoms with Gasteiger partial charge in [-0.2, -0.15) is 10.2 Å². The van der Waals surface area contributed by atoms with Crippen molar-refractivity contribution in [2.75, 3.05) is 13.1 Å². The predicted molar refractivity (Wildman–Crippen MR) is 172 cm³/mol. The van der Waals surface area contributed by atoms with Crippen LogP contribution in [0.4, 0.5) is 4.79 Å². The van der Waals surface area contributed by atoms with Gasteiger partial charge in [0.2, 0.25) is 0 Å². The van der Waals surface area contributed by atoms with Crippen molar-refractivity contribution in [3.8, 4) is 16.9 Å². The van der Waals surface area contributed by atoms with Gasteiger partial charge in [-0.25, -0.2) is 17.2 Å². The molecule has 2 aromatic carbocycles. The van der Waals surface area contributed by atoms with Gasteiger partial charge in [0.25, 0.3) is 15.6 Å². The molecule has 0 radical (unpaired) electrons. The first kappa shape index (κ1) is 30.3. The van der Waals surface area contributed by atoms with E-state index in [4.69, 9.17) is 4.74 Å². The summed E-state index contributed by atoms with van der Waals surface area (Å²) in [5.41, 5.74) is 4.49. The number of nitrogens with zero attached hydrogens (tertiary/aromatic N) is 5. The Morgan fingerprint density at radius 2 is 1.62 bits per heavy atom. The van der Waals surface area contributed by atoms with Crippen LogP contribution in [0.25, 0.3) is 27.8 Å². The molecule has 0 fully saturated rings. The number of ether oxygens (including phenoxy) is 1. The number of amides is 1. The Balaban J connectivity index is 1.47. The minimum Gasteiger partial charge on any atom is -0.444 e. The quantitative estimate of drug-likeness (QED) is 0.261. The first-order chi connectivity index (χ1) is 21.3. The minimum absolute atomic E-state index is 0.159. The zero-order valence-corrected chi connectivity index (χ0v) is 26.8. The van der Waals surface area contributed by atoms with E-state index in [-0.39, 0.29) is 10.5 Å². The third-order valence-corrected chi connectivity index (χ3v) is 9.64. The fraction of sp³-hybridized carbons (Fsp3) is 0.294. The summed E-state index contributed by atoms with van der Waals surface area (Å²) in [4.78, 5) is 28.1. The fourth-order valence-corrected chi connectivity index (χ4v) is 7.24. The molecular weight excluding hydrogens is 590 g/mol. The maximum atomic E-state index is 14.3. The first-order valence-electron chi connectivity index (χ1n) is 14.8. The SMILES string of the molecule is Cc1ccc(S(=O)(=O)n2c3c(c4ccc(-n5ccc(-c6ccc(C)nn6)cc5=O)cc42)CCN(C(=O)OC(C)(C)C)CC3)cc1. The van der Waals surface area contributed by atoms with Crippen LogP contribution in [0.5, 0.6) is 0 Å². The van der Waals surface area contributed by atoms with Crippen molar-refractivity contribution < 1.29 is 17.9 Å². The molecule has 5 aromatic rings. The van der Waals surface area contributed by atoms with Crippen LogP contribution in [0.1, 0.15) is 43.3 Å². The summed E-state index contributed by atoms with van der Waals surface area (Å²) in [6, 6.07) is 19.1. The van der Waals surface area contributed by atoms with Crippen molar-refractivity contribution in [1.29, 1.82) is 0 Å². The largest absolute Gasteiger partial charge is 0.444 e. The topological polar surface area (TPSA) is 116 Å². The monoisotopic (exact) mass is 625 g/mol. The average molecular weight is 626 g/mol. The van der Waals surface area contributed by atoms with E-state index >= 15 is 0 Å². The van der Waals surface area contributed by atoms with Crippen LogP contribution in [0, 0.1) is 13.8 Å². The van der Waals surface area contributed by atoms with E-state index in [9.17, 15) is 18.0 Å². The molecule has 11 heteroatoms. The van der Waals surface area contributed by atoms with Gasteiger partial charge in [-0.3, -0.25) is 9.36 Å². The number of pyridine rings is 1. The lowest BCUT2D eigenvalue weighted by Crippen LogP contribution is -2.38. The minimum atomic E-state index is -4.04. The lowest BCUT2D eigenvalue weighted by molar-refractivity contribution is 0.0258. The van der Waals surface area contributed by atoms with Crippen LogP contribution in [-0.4, -0.2) is 56.8 Å². The van der Waals surface area contributed by atoms with E-state index in [1.807, 2.05) is 58.9 Å². The summed E-state index contributed by atoms with van der Waals surface area (Å²) < 4.78 is 37.1. The van der Waals surface area contributed by atoms with E-state index in [2.05, 4.69) is 10.2 Å². The predicted octanol–water partition coefficient (Wildman–Crippen LogP) is 5.44. The number of hydrogen-bond acceptors (Lipinski definition) is 7. The molecule has 6 rings (SSSR count). The fourth-order valence-electron chi connectivity index (χ4n) is 5.65. The summed E-state index contributed by atoms with van der Waals surface area (Å²) in [6.07, 6.45) is 2.00. The molecule has 1 aliphatic rings. The van der Waals surface area contributed by atoms with Gasteiger partial charge in [0, 0.05) is 48.4 Å². The van der Waals surface area contributed by atoms with Crippen LogP contribution >= 0.6 is 0 Å². The number of aromatic nitrogens is 4. The van der Waals surface area contributed by atoms with Gasteiger partial charge in [-0.05, 0) is 89.1 Å². The number of carbonyl (C=O) groups excluding carboxylic acids is 1. The standard InChI is InChI=1S/C34H35N5O5S/c1-22-6-10-26(11-7-22)45(42,43)39-30-16-18-37(33(41)44-34(3,4)5)17-15-28(30)27-12-9-25(21-31(27)39)38-19-14-24(20-32(38)40)29-13-8-23(2)35-36-29/h6-14,19-21H,15-18H2,1-5H3. The Kier molecular flexibility index (Phi) is 7.60. The molecule has 0 saturated heterocycles. The summed E-state index contributed by atoms with van der Waals surface area (Å²) in [5.74, 6) is 0. The number of carbonyl (C=O) groups is 1. The van der Waals surface area contributed by atoms with Gasteiger partial charge >= 0.3 is 6.09 Å². The Morgan fingerprint density at radius 3 is 2.29 bits per heavy atom. The molecule has 45 heavy (non-hydrogen) atoms. The van der Waals surface area contributed by atoms with Crippen molar-refractivity contribution in [2.45, 2.75) is 58.0 Å². The highest BCUT2D eigenvalue weighted by molar-refractivity contribution is 7.90. The average Bonchev–Trinajstić information content (AvgIpc) is 3.13. The highest BCUT2D eigenvalue weighted by Crippen LogP contribution is 2.34. The van der Waals surface area contributed by atoms with Gasteiger partial charge in [0.05, 0.1) is 27.5 Å². The van der Waals surface area contributed by atoms with Crippen LogP contribution in [0.15, 0.2) is 82.6 Å². The molecule has 10 nitrogen and oxygen atoms in total. The van der Waals surface area contributed by atoms with Gasteiger partial charge in [0.15, 0.2) is 0 Å². The highest BCUT2D eigenvalue weighted by atomic mass is 32.2. The molecule has 0 spiro atoms.